The molecule has 4 rings (SSSR count). The zero-order chi connectivity index (χ0) is 25.5. The van der Waals surface area contributed by atoms with Crippen LogP contribution in [-0.4, -0.2) is 30.3 Å². The molecule has 2 saturated carbocycles. The quantitative estimate of drug-likeness (QED) is 0.469. The number of aryl methyl sites for hydroxylation is 1. The smallest absolute Gasteiger partial charge is 0.255 e. The van der Waals surface area contributed by atoms with Crippen LogP contribution in [0.1, 0.15) is 68.3 Å². The average Bonchev–Trinajstić information content (AvgIpc) is 2.95. The topological polar surface area (TPSA) is 83.5 Å². The van der Waals surface area contributed by atoms with E-state index >= 15 is 0 Å². The molecule has 0 aliphatic heterocycles. The van der Waals surface area contributed by atoms with Gasteiger partial charge >= 0.3 is 0 Å². The minimum atomic E-state index is -3.88. The summed E-state index contributed by atoms with van der Waals surface area (Å²) in [5, 5.41) is 12.7. The Morgan fingerprint density at radius 2 is 1.80 bits per heavy atom. The lowest BCUT2D eigenvalue weighted by Crippen LogP contribution is -2.45. The maximum atomic E-state index is 13.7. The van der Waals surface area contributed by atoms with Crippen LogP contribution in [0.5, 0.6) is 0 Å². The molecule has 190 valence electrons. The van der Waals surface area contributed by atoms with Crippen LogP contribution in [0, 0.1) is 23.5 Å². The van der Waals surface area contributed by atoms with Crippen LogP contribution in [0.25, 0.3) is 0 Å². The van der Waals surface area contributed by atoms with Crippen molar-refractivity contribution in [2.45, 2.75) is 74.5 Å². The summed E-state index contributed by atoms with van der Waals surface area (Å²) in [5.74, 6) is -2.95. The summed E-state index contributed by atoms with van der Waals surface area (Å²) in [6.45, 7) is 3.78. The van der Waals surface area contributed by atoms with Gasteiger partial charge in [-0.25, -0.2) is 17.2 Å². The van der Waals surface area contributed by atoms with E-state index in [1.54, 1.807) is 6.92 Å². The number of halogens is 3. The molecule has 2 aliphatic rings. The molecule has 0 spiro atoms. The van der Waals surface area contributed by atoms with Crippen molar-refractivity contribution in [3.8, 4) is 0 Å². The fraction of sp³-hybridized carbons (Fsp3) is 0.500. The van der Waals surface area contributed by atoms with Gasteiger partial charge in [0.1, 0.15) is 0 Å². The van der Waals surface area contributed by atoms with Crippen molar-refractivity contribution >= 4 is 33.0 Å². The number of sulfone groups is 1. The number of unbranched alkanes of at least 4 members (excludes halogenated alkanes) is 1. The van der Waals surface area contributed by atoms with Gasteiger partial charge in [0.15, 0.2) is 21.5 Å². The van der Waals surface area contributed by atoms with Gasteiger partial charge in [0.2, 0.25) is 0 Å². The second-order valence-corrected chi connectivity index (χ2v) is 12.6. The monoisotopic (exact) mass is 525 g/mol. The second-order valence-electron chi connectivity index (χ2n) is 9.96. The van der Waals surface area contributed by atoms with Crippen molar-refractivity contribution in [3.05, 3.63) is 58.1 Å². The van der Waals surface area contributed by atoms with E-state index in [1.807, 2.05) is 6.92 Å². The summed E-state index contributed by atoms with van der Waals surface area (Å²) in [4.78, 5) is 13.1. The molecule has 2 aliphatic carbocycles. The number of nitrogens with one attached hydrogen (secondary N) is 1. The molecule has 2 aromatic rings. The third-order valence-corrected chi connectivity index (χ3v) is 10.4. The molecule has 0 saturated heterocycles. The number of amides is 1. The first-order valence-electron chi connectivity index (χ1n) is 12.0. The Morgan fingerprint density at radius 3 is 2.40 bits per heavy atom. The van der Waals surface area contributed by atoms with Gasteiger partial charge in [0.05, 0.1) is 20.8 Å². The summed E-state index contributed by atoms with van der Waals surface area (Å²) in [6, 6.07) is 5.85. The van der Waals surface area contributed by atoms with Crippen LogP contribution in [0.4, 0.5) is 14.5 Å². The molecule has 0 heterocycles. The molecular formula is C26H30ClF2NO4S. The molecule has 1 amide bonds. The maximum Gasteiger partial charge on any atom is 0.255 e. The summed E-state index contributed by atoms with van der Waals surface area (Å²) in [7, 11) is -3.88. The number of hydrogen-bond donors (Lipinski definition) is 2. The zero-order valence-corrected chi connectivity index (χ0v) is 21.4. The van der Waals surface area contributed by atoms with E-state index in [-0.39, 0.29) is 33.0 Å². The van der Waals surface area contributed by atoms with Crippen LogP contribution < -0.4 is 5.32 Å². The number of benzene rings is 2. The first-order valence-corrected chi connectivity index (χ1v) is 13.9. The Labute approximate surface area is 209 Å². The number of hydrogen-bond acceptors (Lipinski definition) is 4. The standard InChI is InChI=1S/C26H30ClF2NO4S/c1-3-4-5-15-10-21(27)24(14-20(15)25(31)30-18-8-9-22(28)23(29)13-18)35(33,34)19-11-16-6-7-17(12-19)26(16,2)32/h8-10,13-14,16-17,19,32H,3-7,11-12H2,1-2H3,(H,30,31). The Balaban J connectivity index is 1.69. The van der Waals surface area contributed by atoms with Gasteiger partial charge in [0, 0.05) is 17.3 Å². The fourth-order valence-electron chi connectivity index (χ4n) is 5.57. The minimum Gasteiger partial charge on any atom is -0.390 e. The molecule has 2 atom stereocenters. The summed E-state index contributed by atoms with van der Waals surface area (Å²) in [5.41, 5.74) is -0.0878. The van der Waals surface area contributed by atoms with Crippen LogP contribution in [0.2, 0.25) is 5.02 Å². The lowest BCUT2D eigenvalue weighted by Gasteiger charge is -2.40. The largest absolute Gasteiger partial charge is 0.390 e. The predicted octanol–water partition coefficient (Wildman–Crippen LogP) is 5.93. The van der Waals surface area contributed by atoms with Crippen molar-refractivity contribution < 1.29 is 27.1 Å². The van der Waals surface area contributed by atoms with Crippen LogP contribution in [0.15, 0.2) is 35.2 Å². The Morgan fingerprint density at radius 1 is 1.14 bits per heavy atom. The Bertz CT molecular complexity index is 1230. The average molecular weight is 526 g/mol. The summed E-state index contributed by atoms with van der Waals surface area (Å²) >= 11 is 6.48. The number of aliphatic hydroxyl groups is 1. The van der Waals surface area contributed by atoms with Crippen molar-refractivity contribution in [2.75, 3.05) is 5.32 Å². The number of fused-ring (bicyclic) bond motifs is 2. The maximum absolute atomic E-state index is 13.7. The molecule has 0 aromatic heterocycles. The number of carbonyl (C=O) groups excluding carboxylic acids is 1. The van der Waals surface area contributed by atoms with Gasteiger partial charge in [-0.3, -0.25) is 4.79 Å². The van der Waals surface area contributed by atoms with Gasteiger partial charge in [0.25, 0.3) is 5.91 Å². The molecule has 2 fully saturated rings. The molecule has 9 heteroatoms. The summed E-state index contributed by atoms with van der Waals surface area (Å²) < 4.78 is 54.3. The van der Waals surface area contributed by atoms with E-state index in [1.165, 1.54) is 18.2 Å². The molecule has 2 unspecified atom stereocenters. The van der Waals surface area contributed by atoms with Crippen molar-refractivity contribution in [2.24, 2.45) is 11.8 Å². The number of rotatable bonds is 7. The third-order valence-electron chi connectivity index (χ3n) is 7.74. The first kappa shape index (κ1) is 26.0. The molecule has 2 N–H and O–H groups in total. The van der Waals surface area contributed by atoms with Crippen molar-refractivity contribution in [3.63, 3.8) is 0 Å². The Kier molecular flexibility index (Phi) is 7.28. The molecule has 35 heavy (non-hydrogen) atoms. The van der Waals surface area contributed by atoms with E-state index in [2.05, 4.69) is 5.32 Å². The van der Waals surface area contributed by atoms with E-state index < -0.39 is 38.2 Å². The lowest BCUT2D eigenvalue weighted by molar-refractivity contribution is -0.0413. The van der Waals surface area contributed by atoms with Crippen molar-refractivity contribution in [1.29, 1.82) is 0 Å². The SMILES string of the molecule is CCCCc1cc(Cl)c(S(=O)(=O)C2CC3CCC(C2)C3(C)O)cc1C(=O)Nc1ccc(F)c(F)c1. The highest BCUT2D eigenvalue weighted by atomic mass is 35.5. The first-order chi connectivity index (χ1) is 16.4. The molecule has 5 nitrogen and oxygen atoms in total. The highest BCUT2D eigenvalue weighted by Crippen LogP contribution is 2.51. The molecule has 2 bridgehead atoms. The molecule has 0 radical (unpaired) electrons. The van der Waals surface area contributed by atoms with Gasteiger partial charge in [-0.1, -0.05) is 24.9 Å². The van der Waals surface area contributed by atoms with Crippen LogP contribution in [-0.2, 0) is 16.3 Å². The predicted molar refractivity (Wildman–Crippen MR) is 131 cm³/mol. The van der Waals surface area contributed by atoms with E-state index in [4.69, 9.17) is 11.6 Å². The van der Waals surface area contributed by atoms with Crippen LogP contribution >= 0.6 is 11.6 Å². The Hall–Kier alpha value is -2.03. The second kappa shape index (κ2) is 9.79. The van der Waals surface area contributed by atoms with Crippen molar-refractivity contribution in [1.82, 2.24) is 0 Å². The minimum absolute atomic E-state index is 0.0563. The molecular weight excluding hydrogens is 496 g/mol. The normalized spacial score (nSPS) is 26.1. The van der Waals surface area contributed by atoms with Gasteiger partial charge in [-0.05, 0) is 87.1 Å². The number of anilines is 1. The van der Waals surface area contributed by atoms with Gasteiger partial charge in [-0.2, -0.15) is 0 Å². The van der Waals surface area contributed by atoms with Crippen LogP contribution in [0.3, 0.4) is 0 Å². The highest BCUT2D eigenvalue weighted by Gasteiger charge is 2.53. The summed E-state index contributed by atoms with van der Waals surface area (Å²) in [6.07, 6.45) is 4.38. The molecule has 2 aromatic carbocycles. The van der Waals surface area contributed by atoms with Gasteiger partial charge < -0.3 is 10.4 Å². The lowest BCUT2D eigenvalue weighted by atomic mass is 9.76. The third kappa shape index (κ3) is 4.98. The van der Waals surface area contributed by atoms with Gasteiger partial charge in [-0.15, -0.1) is 0 Å². The van der Waals surface area contributed by atoms with E-state index in [0.29, 0.717) is 24.8 Å². The van der Waals surface area contributed by atoms with E-state index in [0.717, 1.165) is 37.8 Å². The highest BCUT2D eigenvalue weighted by molar-refractivity contribution is 7.92. The van der Waals surface area contributed by atoms with E-state index in [9.17, 15) is 27.1 Å². The zero-order valence-electron chi connectivity index (χ0n) is 19.8. The number of carbonyl (C=O) groups is 1. The fourth-order valence-corrected chi connectivity index (χ4v) is 8.02.